The molecule has 7 nitrogen and oxygen atoms in total. The summed E-state index contributed by atoms with van der Waals surface area (Å²) in [5.74, 6) is 0.451. The van der Waals surface area contributed by atoms with E-state index in [0.29, 0.717) is 23.7 Å². The highest BCUT2D eigenvalue weighted by Gasteiger charge is 2.39. The minimum atomic E-state index is -0.356. The number of imide groups is 1. The Morgan fingerprint density at radius 2 is 1.59 bits per heavy atom. The maximum Gasteiger partial charge on any atom is 0.278 e. The Bertz CT molecular complexity index is 1010. The van der Waals surface area contributed by atoms with E-state index in [-0.39, 0.29) is 30.7 Å². The van der Waals surface area contributed by atoms with Crippen molar-refractivity contribution >= 4 is 28.8 Å². The minimum absolute atomic E-state index is 0.194. The van der Waals surface area contributed by atoms with Gasteiger partial charge in [0.15, 0.2) is 0 Å². The lowest BCUT2D eigenvalue weighted by atomic mass is 10.0. The van der Waals surface area contributed by atoms with Crippen LogP contribution in [0, 0.1) is 5.92 Å². The molecule has 7 heteroatoms. The van der Waals surface area contributed by atoms with Crippen molar-refractivity contribution in [3.63, 3.8) is 0 Å². The fraction of sp³-hybridized carbons (Fsp3) is 0.407. The van der Waals surface area contributed by atoms with Crippen LogP contribution < -0.4 is 15.0 Å². The molecule has 1 N–H and O–H groups in total. The molecule has 0 aliphatic carbocycles. The number of amides is 2. The van der Waals surface area contributed by atoms with Gasteiger partial charge in [-0.3, -0.25) is 14.5 Å². The zero-order valence-corrected chi connectivity index (χ0v) is 20.8. The first-order chi connectivity index (χ1) is 16.4. The van der Waals surface area contributed by atoms with Crippen molar-refractivity contribution in [2.45, 2.75) is 27.7 Å². The number of ether oxygens (including phenoxy) is 2. The van der Waals surface area contributed by atoms with Crippen LogP contribution in [0.25, 0.3) is 5.57 Å². The number of hydrogen-bond acceptors (Lipinski definition) is 6. The van der Waals surface area contributed by atoms with E-state index in [1.54, 1.807) is 7.11 Å². The lowest BCUT2D eigenvalue weighted by molar-refractivity contribution is -0.137. The molecule has 0 saturated heterocycles. The molecule has 182 valence electrons. The van der Waals surface area contributed by atoms with Crippen LogP contribution in [0.3, 0.4) is 0 Å². The van der Waals surface area contributed by atoms with Crippen LogP contribution in [0.15, 0.2) is 54.2 Å². The minimum Gasteiger partial charge on any atom is -0.493 e. The molecular weight excluding hydrogens is 430 g/mol. The van der Waals surface area contributed by atoms with Crippen LogP contribution >= 0.6 is 0 Å². The predicted molar refractivity (Wildman–Crippen MR) is 136 cm³/mol. The quantitative estimate of drug-likeness (QED) is 0.469. The Morgan fingerprint density at radius 3 is 2.15 bits per heavy atom. The summed E-state index contributed by atoms with van der Waals surface area (Å²) in [6.45, 7) is 11.3. The maximum atomic E-state index is 13.3. The van der Waals surface area contributed by atoms with Gasteiger partial charge in [-0.2, -0.15) is 0 Å². The maximum absolute atomic E-state index is 13.3. The molecule has 2 amide bonds. The van der Waals surface area contributed by atoms with E-state index in [1.165, 1.54) is 4.90 Å². The number of methoxy groups -OCH3 is 1. The molecule has 1 aliphatic heterocycles. The van der Waals surface area contributed by atoms with E-state index in [1.807, 2.05) is 48.5 Å². The summed E-state index contributed by atoms with van der Waals surface area (Å²) in [5, 5.41) is 3.21. The SMILES string of the molecule is CCN(CC)c1ccc(NC2=C(c3ccc(OCC(C)C)cc3)C(=O)N(CCOC)C2=O)cc1. The third-order valence-electron chi connectivity index (χ3n) is 5.68. The molecule has 0 atom stereocenters. The van der Waals surface area contributed by atoms with Crippen molar-refractivity contribution in [2.75, 3.05) is 50.2 Å². The molecule has 1 aliphatic rings. The van der Waals surface area contributed by atoms with Crippen molar-refractivity contribution < 1.29 is 19.1 Å². The Balaban J connectivity index is 1.91. The average molecular weight is 466 g/mol. The molecule has 2 aromatic carbocycles. The van der Waals surface area contributed by atoms with Gasteiger partial charge in [-0.15, -0.1) is 0 Å². The fourth-order valence-corrected chi connectivity index (χ4v) is 3.81. The highest BCUT2D eigenvalue weighted by Crippen LogP contribution is 2.32. The van der Waals surface area contributed by atoms with Crippen molar-refractivity contribution in [2.24, 2.45) is 5.92 Å². The second kappa shape index (κ2) is 11.7. The molecule has 1 heterocycles. The molecule has 2 aromatic rings. The average Bonchev–Trinajstić information content (AvgIpc) is 3.07. The van der Waals surface area contributed by atoms with Gasteiger partial charge in [0.2, 0.25) is 0 Å². The number of hydrogen-bond donors (Lipinski definition) is 1. The first-order valence-electron chi connectivity index (χ1n) is 11.8. The van der Waals surface area contributed by atoms with Crippen LogP contribution in [0.2, 0.25) is 0 Å². The number of nitrogens with one attached hydrogen (secondary N) is 1. The first-order valence-corrected chi connectivity index (χ1v) is 11.8. The zero-order chi connectivity index (χ0) is 24.7. The summed E-state index contributed by atoms with van der Waals surface area (Å²) in [4.78, 5) is 30.0. The van der Waals surface area contributed by atoms with Crippen molar-refractivity contribution in [1.29, 1.82) is 0 Å². The van der Waals surface area contributed by atoms with Gasteiger partial charge in [-0.05, 0) is 61.7 Å². The number of anilines is 2. The summed E-state index contributed by atoms with van der Waals surface area (Å²) >= 11 is 0. The second-order valence-electron chi connectivity index (χ2n) is 8.58. The Kier molecular flexibility index (Phi) is 8.71. The van der Waals surface area contributed by atoms with E-state index in [0.717, 1.165) is 30.2 Å². The van der Waals surface area contributed by atoms with Crippen LogP contribution in [-0.2, 0) is 14.3 Å². The molecule has 3 rings (SSSR count). The molecule has 0 spiro atoms. The largest absolute Gasteiger partial charge is 0.493 e. The van der Waals surface area contributed by atoms with Gasteiger partial charge in [-0.1, -0.05) is 26.0 Å². The van der Waals surface area contributed by atoms with Gasteiger partial charge >= 0.3 is 0 Å². The zero-order valence-electron chi connectivity index (χ0n) is 20.8. The topological polar surface area (TPSA) is 71.1 Å². The first kappa shape index (κ1) is 25.3. The third-order valence-corrected chi connectivity index (χ3v) is 5.68. The van der Waals surface area contributed by atoms with Gasteiger partial charge in [0.25, 0.3) is 11.8 Å². The Morgan fingerprint density at radius 1 is 0.941 bits per heavy atom. The summed E-state index contributed by atoms with van der Waals surface area (Å²) < 4.78 is 10.9. The standard InChI is InChI=1S/C27H35N3O4/c1-6-29(7-2)22-12-10-21(11-13-22)28-25-24(26(31)30(27(25)32)16-17-33-5)20-8-14-23(15-9-20)34-18-19(3)4/h8-15,19,28H,6-7,16-18H2,1-5H3. The summed E-state index contributed by atoms with van der Waals surface area (Å²) in [7, 11) is 1.55. The summed E-state index contributed by atoms with van der Waals surface area (Å²) in [6, 6.07) is 15.2. The molecule has 0 bridgehead atoms. The van der Waals surface area contributed by atoms with Crippen LogP contribution in [-0.4, -0.2) is 56.7 Å². The number of carbonyl (C=O) groups excluding carboxylic acids is 2. The van der Waals surface area contributed by atoms with Crippen molar-refractivity contribution in [1.82, 2.24) is 4.90 Å². The second-order valence-corrected chi connectivity index (χ2v) is 8.58. The number of carbonyl (C=O) groups is 2. The Hall–Kier alpha value is -3.32. The fourth-order valence-electron chi connectivity index (χ4n) is 3.81. The van der Waals surface area contributed by atoms with Crippen LogP contribution in [0.4, 0.5) is 11.4 Å². The Labute approximate surface area is 202 Å². The van der Waals surface area contributed by atoms with E-state index >= 15 is 0 Å². The molecule has 0 aromatic heterocycles. The summed E-state index contributed by atoms with van der Waals surface area (Å²) in [6.07, 6.45) is 0. The highest BCUT2D eigenvalue weighted by molar-refractivity contribution is 6.36. The van der Waals surface area contributed by atoms with Gasteiger partial charge in [0.05, 0.1) is 25.3 Å². The van der Waals surface area contributed by atoms with E-state index in [4.69, 9.17) is 9.47 Å². The number of nitrogens with zero attached hydrogens (tertiary/aromatic N) is 2. The monoisotopic (exact) mass is 465 g/mol. The van der Waals surface area contributed by atoms with Crippen LogP contribution in [0.5, 0.6) is 5.75 Å². The van der Waals surface area contributed by atoms with Gasteiger partial charge in [-0.25, -0.2) is 0 Å². The van der Waals surface area contributed by atoms with E-state index in [2.05, 4.69) is 37.9 Å². The molecule has 0 radical (unpaired) electrons. The molecule has 0 unspecified atom stereocenters. The van der Waals surface area contributed by atoms with E-state index < -0.39 is 0 Å². The van der Waals surface area contributed by atoms with Gasteiger partial charge in [0, 0.05) is 31.6 Å². The highest BCUT2D eigenvalue weighted by atomic mass is 16.5. The van der Waals surface area contributed by atoms with Crippen molar-refractivity contribution in [3.8, 4) is 5.75 Å². The molecule has 0 fully saturated rings. The van der Waals surface area contributed by atoms with Gasteiger partial charge in [0.1, 0.15) is 11.4 Å². The lowest BCUT2D eigenvalue weighted by Gasteiger charge is -2.21. The van der Waals surface area contributed by atoms with Crippen LogP contribution in [0.1, 0.15) is 33.3 Å². The predicted octanol–water partition coefficient (Wildman–Crippen LogP) is 4.41. The molecule has 0 saturated carbocycles. The smallest absolute Gasteiger partial charge is 0.278 e. The molecular formula is C27H35N3O4. The molecule has 34 heavy (non-hydrogen) atoms. The number of rotatable bonds is 12. The number of benzene rings is 2. The summed E-state index contributed by atoms with van der Waals surface area (Å²) in [5.41, 5.74) is 3.14. The van der Waals surface area contributed by atoms with Crippen molar-refractivity contribution in [3.05, 3.63) is 59.8 Å². The normalized spacial score (nSPS) is 13.8. The third kappa shape index (κ3) is 5.78. The van der Waals surface area contributed by atoms with Gasteiger partial charge < -0.3 is 19.7 Å². The van der Waals surface area contributed by atoms with E-state index in [9.17, 15) is 9.59 Å². The lowest BCUT2D eigenvalue weighted by Crippen LogP contribution is -2.35.